The van der Waals surface area contributed by atoms with E-state index >= 15 is 0 Å². The minimum absolute atomic E-state index is 0.251. The van der Waals surface area contributed by atoms with E-state index < -0.39 is 5.97 Å². The number of ether oxygens (including phenoxy) is 1. The number of imidazole rings is 1. The molecule has 0 saturated carbocycles. The minimum atomic E-state index is -0.471. The van der Waals surface area contributed by atoms with Crippen molar-refractivity contribution in [2.75, 3.05) is 7.11 Å². The molecule has 0 saturated heterocycles. The van der Waals surface area contributed by atoms with Crippen LogP contribution in [0, 0.1) is 0 Å². The number of H-pyrrole nitrogens is 1. The van der Waals surface area contributed by atoms with E-state index in [0.29, 0.717) is 28.0 Å². The highest BCUT2D eigenvalue weighted by Gasteiger charge is 2.14. The Morgan fingerprint density at radius 3 is 2.59 bits per heavy atom. The minimum Gasteiger partial charge on any atom is -0.465 e. The third-order valence-corrected chi connectivity index (χ3v) is 6.01. The van der Waals surface area contributed by atoms with Gasteiger partial charge in [-0.2, -0.15) is 0 Å². The van der Waals surface area contributed by atoms with E-state index in [0.717, 1.165) is 21.9 Å². The van der Waals surface area contributed by atoms with Crippen LogP contribution < -0.4 is 5.56 Å². The Hall–Kier alpha value is -3.91. The number of nitrogens with one attached hydrogen (secondary N) is 1. The molecule has 2 heterocycles. The van der Waals surface area contributed by atoms with Crippen LogP contribution in [0.3, 0.4) is 0 Å². The molecule has 32 heavy (non-hydrogen) atoms. The zero-order valence-corrected chi connectivity index (χ0v) is 17.9. The van der Waals surface area contributed by atoms with E-state index in [1.807, 2.05) is 54.6 Å². The topological polar surface area (TPSA) is 89.9 Å². The number of carbonyl (C=O) groups excluding carboxylic acids is 1. The van der Waals surface area contributed by atoms with Crippen LogP contribution in [0.1, 0.15) is 16.2 Å². The van der Waals surface area contributed by atoms with Gasteiger partial charge in [0.1, 0.15) is 5.82 Å². The number of para-hydroxylation sites is 3. The van der Waals surface area contributed by atoms with Crippen molar-refractivity contribution in [3.05, 3.63) is 94.5 Å². The van der Waals surface area contributed by atoms with Gasteiger partial charge in [0.25, 0.3) is 5.56 Å². The van der Waals surface area contributed by atoms with Crippen molar-refractivity contribution >= 4 is 39.7 Å². The van der Waals surface area contributed by atoms with Gasteiger partial charge in [-0.25, -0.2) is 14.8 Å². The van der Waals surface area contributed by atoms with E-state index in [-0.39, 0.29) is 5.56 Å². The number of hydrogen-bond acceptors (Lipinski definition) is 6. The molecule has 0 aliphatic heterocycles. The van der Waals surface area contributed by atoms with Crippen molar-refractivity contribution in [2.45, 2.75) is 10.9 Å². The second kappa shape index (κ2) is 8.32. The third kappa shape index (κ3) is 3.65. The lowest BCUT2D eigenvalue weighted by atomic mass is 10.1. The number of rotatable bonds is 5. The molecular weight excluding hydrogens is 424 g/mol. The van der Waals surface area contributed by atoms with Crippen LogP contribution in [0.2, 0.25) is 0 Å². The molecule has 3 aromatic carbocycles. The smallest absolute Gasteiger partial charge is 0.337 e. The molecule has 0 atom stereocenters. The SMILES string of the molecule is COC(=O)c1ccc2c(=O)[nH]c(CSc3nc4ccccc4n3-c3ccccc3)nc2c1. The Bertz CT molecular complexity index is 1510. The fourth-order valence-electron chi connectivity index (χ4n) is 3.56. The Balaban J connectivity index is 1.52. The van der Waals surface area contributed by atoms with Crippen molar-refractivity contribution in [1.82, 2.24) is 19.5 Å². The Morgan fingerprint density at radius 1 is 1.00 bits per heavy atom. The average molecular weight is 443 g/mol. The highest BCUT2D eigenvalue weighted by Crippen LogP contribution is 2.29. The first-order valence-electron chi connectivity index (χ1n) is 9.91. The fourth-order valence-corrected chi connectivity index (χ4v) is 4.46. The molecule has 5 aromatic rings. The first-order chi connectivity index (χ1) is 15.6. The Morgan fingerprint density at radius 2 is 1.78 bits per heavy atom. The molecule has 0 spiro atoms. The third-order valence-electron chi connectivity index (χ3n) is 5.06. The van der Waals surface area contributed by atoms with Gasteiger partial charge in [0.05, 0.1) is 40.4 Å². The molecule has 0 bridgehead atoms. The number of benzene rings is 3. The number of hydrogen-bond donors (Lipinski definition) is 1. The van der Waals surface area contributed by atoms with Crippen molar-refractivity contribution in [3.63, 3.8) is 0 Å². The summed E-state index contributed by atoms with van der Waals surface area (Å²) in [6, 6.07) is 22.7. The summed E-state index contributed by atoms with van der Waals surface area (Å²) in [5.41, 5.74) is 3.45. The van der Waals surface area contributed by atoms with Crippen molar-refractivity contribution in [3.8, 4) is 5.69 Å². The van der Waals surface area contributed by atoms with Crippen LogP contribution in [0.15, 0.2) is 82.7 Å². The lowest BCUT2D eigenvalue weighted by Gasteiger charge is -2.09. The largest absolute Gasteiger partial charge is 0.465 e. The van der Waals surface area contributed by atoms with Crippen LogP contribution in [0.4, 0.5) is 0 Å². The van der Waals surface area contributed by atoms with Gasteiger partial charge in [-0.3, -0.25) is 9.36 Å². The zero-order chi connectivity index (χ0) is 22.1. The first kappa shape index (κ1) is 20.0. The van der Waals surface area contributed by atoms with Gasteiger partial charge >= 0.3 is 5.97 Å². The van der Waals surface area contributed by atoms with E-state index in [1.165, 1.54) is 18.9 Å². The summed E-state index contributed by atoms with van der Waals surface area (Å²) in [7, 11) is 1.32. The maximum atomic E-state index is 12.5. The number of aromatic nitrogens is 4. The van der Waals surface area contributed by atoms with Crippen molar-refractivity contribution in [1.29, 1.82) is 0 Å². The van der Waals surface area contributed by atoms with Crippen LogP contribution >= 0.6 is 11.8 Å². The fraction of sp³-hybridized carbons (Fsp3) is 0.0833. The summed E-state index contributed by atoms with van der Waals surface area (Å²) in [5, 5.41) is 1.21. The number of carbonyl (C=O) groups is 1. The second-order valence-electron chi connectivity index (χ2n) is 7.08. The van der Waals surface area contributed by atoms with Crippen LogP contribution in [-0.4, -0.2) is 32.6 Å². The molecule has 158 valence electrons. The van der Waals surface area contributed by atoms with E-state index in [9.17, 15) is 9.59 Å². The summed E-state index contributed by atoms with van der Waals surface area (Å²) < 4.78 is 6.86. The summed E-state index contributed by atoms with van der Waals surface area (Å²) in [5.74, 6) is 0.437. The number of methoxy groups -OCH3 is 1. The van der Waals surface area contributed by atoms with E-state index in [4.69, 9.17) is 9.72 Å². The maximum Gasteiger partial charge on any atom is 0.337 e. The number of thioether (sulfide) groups is 1. The van der Waals surface area contributed by atoms with Crippen LogP contribution in [0.25, 0.3) is 27.6 Å². The molecule has 5 rings (SSSR count). The number of nitrogens with zero attached hydrogens (tertiary/aromatic N) is 3. The molecule has 0 radical (unpaired) electrons. The maximum absolute atomic E-state index is 12.5. The van der Waals surface area contributed by atoms with Crippen molar-refractivity contribution < 1.29 is 9.53 Å². The highest BCUT2D eigenvalue weighted by molar-refractivity contribution is 7.98. The van der Waals surface area contributed by atoms with Gasteiger partial charge in [0, 0.05) is 5.69 Å². The Kier molecular flexibility index (Phi) is 5.20. The van der Waals surface area contributed by atoms with Gasteiger partial charge in [-0.1, -0.05) is 42.1 Å². The molecule has 7 nitrogen and oxygen atoms in total. The molecule has 0 amide bonds. The van der Waals surface area contributed by atoms with Crippen LogP contribution in [0.5, 0.6) is 0 Å². The van der Waals surface area contributed by atoms with E-state index in [2.05, 4.69) is 14.5 Å². The van der Waals surface area contributed by atoms with Gasteiger partial charge in [-0.05, 0) is 42.5 Å². The quantitative estimate of drug-likeness (QED) is 0.322. The molecular formula is C24H18N4O3S. The predicted molar refractivity (Wildman–Crippen MR) is 124 cm³/mol. The molecule has 0 fully saturated rings. The molecule has 0 unspecified atom stereocenters. The zero-order valence-electron chi connectivity index (χ0n) is 17.1. The van der Waals surface area contributed by atoms with Gasteiger partial charge in [-0.15, -0.1) is 0 Å². The number of esters is 1. The highest BCUT2D eigenvalue weighted by atomic mass is 32.2. The predicted octanol–water partition coefficient (Wildman–Crippen LogP) is 4.34. The molecule has 1 N–H and O–H groups in total. The Labute approximate surface area is 187 Å². The monoisotopic (exact) mass is 442 g/mol. The summed E-state index contributed by atoms with van der Waals surface area (Å²) in [4.78, 5) is 36.6. The van der Waals surface area contributed by atoms with Crippen LogP contribution in [-0.2, 0) is 10.5 Å². The first-order valence-corrected chi connectivity index (χ1v) is 10.9. The second-order valence-corrected chi connectivity index (χ2v) is 8.02. The lowest BCUT2D eigenvalue weighted by molar-refractivity contribution is 0.0601. The molecule has 8 heteroatoms. The van der Waals surface area contributed by atoms with Gasteiger partial charge in [0.2, 0.25) is 0 Å². The van der Waals surface area contributed by atoms with E-state index in [1.54, 1.807) is 18.2 Å². The molecule has 2 aromatic heterocycles. The molecule has 0 aliphatic carbocycles. The van der Waals surface area contributed by atoms with Gasteiger partial charge in [0.15, 0.2) is 5.16 Å². The van der Waals surface area contributed by atoms with Gasteiger partial charge < -0.3 is 9.72 Å². The normalized spacial score (nSPS) is 11.2. The summed E-state index contributed by atoms with van der Waals surface area (Å²) in [6.45, 7) is 0. The standard InChI is InChI=1S/C24H18N4O3S/c1-31-23(30)15-11-12-17-19(13-15)25-21(27-22(17)29)14-32-24-26-18-9-5-6-10-20(18)28(24)16-7-3-2-4-8-16/h2-13H,14H2,1H3,(H,25,27,29). The summed E-state index contributed by atoms with van der Waals surface area (Å²) in [6.07, 6.45) is 0. The number of fused-ring (bicyclic) bond motifs is 2. The average Bonchev–Trinajstić information content (AvgIpc) is 3.21. The molecule has 0 aliphatic rings. The number of aromatic amines is 1. The van der Waals surface area contributed by atoms with Crippen molar-refractivity contribution in [2.24, 2.45) is 0 Å². The summed E-state index contributed by atoms with van der Waals surface area (Å²) >= 11 is 1.48. The lowest BCUT2D eigenvalue weighted by Crippen LogP contribution is -2.12.